The first-order valence-electron chi connectivity index (χ1n) is 17.7. The fourth-order valence-corrected chi connectivity index (χ4v) is 8.23. The summed E-state index contributed by atoms with van der Waals surface area (Å²) in [7, 11) is 0. The SMILES string of the molecule is c1ccc2cc(-c3cc4ccccc4cc3NC3Nc4oc5ccccc5c4N=C3c3cccc4c5ccccc5c5ccccc5c34)ccc2c1. The lowest BCUT2D eigenvalue weighted by Gasteiger charge is -2.29. The van der Waals surface area contributed by atoms with Gasteiger partial charge in [0.25, 0.3) is 0 Å². The van der Waals surface area contributed by atoms with Gasteiger partial charge >= 0.3 is 0 Å². The molecule has 1 aromatic heterocycles. The van der Waals surface area contributed by atoms with E-state index >= 15 is 0 Å². The third kappa shape index (κ3) is 4.44. The fourth-order valence-electron chi connectivity index (χ4n) is 8.23. The largest absolute Gasteiger partial charge is 0.438 e. The molecule has 0 amide bonds. The van der Waals surface area contributed by atoms with Gasteiger partial charge in [0, 0.05) is 22.2 Å². The number of anilines is 2. The second-order valence-electron chi connectivity index (χ2n) is 13.6. The third-order valence-electron chi connectivity index (χ3n) is 10.6. The van der Waals surface area contributed by atoms with Crippen molar-refractivity contribution in [2.24, 2.45) is 4.99 Å². The summed E-state index contributed by atoms with van der Waals surface area (Å²) in [6.45, 7) is 0. The van der Waals surface area contributed by atoms with Crippen LogP contribution in [-0.2, 0) is 0 Å². The Balaban J connectivity index is 1.16. The van der Waals surface area contributed by atoms with Crippen LogP contribution in [0.4, 0.5) is 17.3 Å². The summed E-state index contributed by atoms with van der Waals surface area (Å²) < 4.78 is 6.43. The summed E-state index contributed by atoms with van der Waals surface area (Å²) in [6.07, 6.45) is -0.413. The molecule has 244 valence electrons. The van der Waals surface area contributed by atoms with E-state index in [9.17, 15) is 0 Å². The number of furan rings is 1. The molecule has 0 radical (unpaired) electrons. The van der Waals surface area contributed by atoms with Crippen molar-refractivity contribution in [1.29, 1.82) is 0 Å². The van der Waals surface area contributed by atoms with Crippen LogP contribution >= 0.6 is 0 Å². The minimum Gasteiger partial charge on any atom is -0.438 e. The van der Waals surface area contributed by atoms with Crippen LogP contribution in [-0.4, -0.2) is 11.9 Å². The van der Waals surface area contributed by atoms with Gasteiger partial charge in [0.15, 0.2) is 0 Å². The predicted molar refractivity (Wildman–Crippen MR) is 219 cm³/mol. The van der Waals surface area contributed by atoms with Crippen LogP contribution in [0, 0.1) is 0 Å². The number of para-hydroxylation sites is 1. The van der Waals surface area contributed by atoms with E-state index in [0.29, 0.717) is 5.88 Å². The minimum atomic E-state index is -0.413. The van der Waals surface area contributed by atoms with Gasteiger partial charge in [0.1, 0.15) is 17.4 Å². The Morgan fingerprint density at radius 2 is 1.06 bits per heavy atom. The topological polar surface area (TPSA) is 49.6 Å². The number of fused-ring (bicyclic) bond motifs is 11. The van der Waals surface area contributed by atoms with E-state index in [0.717, 1.165) is 50.1 Å². The average molecular weight is 666 g/mol. The van der Waals surface area contributed by atoms with Crippen molar-refractivity contribution >= 4 is 87.8 Å². The number of benzene rings is 9. The Morgan fingerprint density at radius 3 is 1.81 bits per heavy atom. The zero-order chi connectivity index (χ0) is 34.2. The van der Waals surface area contributed by atoms with Crippen LogP contribution in [0.2, 0.25) is 0 Å². The molecule has 11 rings (SSSR count). The summed E-state index contributed by atoms with van der Waals surface area (Å²) >= 11 is 0. The Hall–Kier alpha value is -6.91. The lowest BCUT2D eigenvalue weighted by molar-refractivity contribution is 0.623. The van der Waals surface area contributed by atoms with Gasteiger partial charge in [-0.3, -0.25) is 0 Å². The average Bonchev–Trinajstić information content (AvgIpc) is 3.57. The summed E-state index contributed by atoms with van der Waals surface area (Å²) in [5.41, 5.74) is 6.88. The minimum absolute atomic E-state index is 0.413. The molecule has 0 bridgehead atoms. The molecule has 10 aromatic rings. The molecule has 4 nitrogen and oxygen atoms in total. The van der Waals surface area contributed by atoms with Crippen molar-refractivity contribution in [3.05, 3.63) is 175 Å². The maximum Gasteiger partial charge on any atom is 0.222 e. The molecule has 0 fully saturated rings. The molecule has 0 aliphatic carbocycles. The van der Waals surface area contributed by atoms with Gasteiger partial charge in [-0.2, -0.15) is 0 Å². The second kappa shape index (κ2) is 11.3. The van der Waals surface area contributed by atoms with E-state index < -0.39 is 6.17 Å². The molecule has 4 heteroatoms. The summed E-state index contributed by atoms with van der Waals surface area (Å²) in [5, 5.41) is 20.8. The van der Waals surface area contributed by atoms with Crippen LogP contribution in [0.15, 0.2) is 179 Å². The first-order valence-corrected chi connectivity index (χ1v) is 17.7. The quantitative estimate of drug-likeness (QED) is 0.184. The van der Waals surface area contributed by atoms with Crippen LogP contribution in [0.3, 0.4) is 0 Å². The van der Waals surface area contributed by atoms with Gasteiger partial charge < -0.3 is 15.1 Å². The van der Waals surface area contributed by atoms with E-state index in [-0.39, 0.29) is 0 Å². The molecule has 1 aliphatic rings. The van der Waals surface area contributed by atoms with Crippen LogP contribution in [0.1, 0.15) is 5.56 Å². The molecule has 0 saturated heterocycles. The lowest BCUT2D eigenvalue weighted by atomic mass is 9.89. The highest BCUT2D eigenvalue weighted by atomic mass is 16.4. The third-order valence-corrected chi connectivity index (χ3v) is 10.6. The van der Waals surface area contributed by atoms with E-state index in [1.165, 1.54) is 48.5 Å². The van der Waals surface area contributed by atoms with Crippen molar-refractivity contribution in [3.63, 3.8) is 0 Å². The maximum atomic E-state index is 6.43. The lowest BCUT2D eigenvalue weighted by Crippen LogP contribution is -2.39. The van der Waals surface area contributed by atoms with E-state index in [1.807, 2.05) is 18.2 Å². The first-order chi connectivity index (χ1) is 25.8. The van der Waals surface area contributed by atoms with Gasteiger partial charge in [-0.1, -0.05) is 140 Å². The number of hydrogen-bond acceptors (Lipinski definition) is 4. The molecule has 0 spiro atoms. The fraction of sp³-hybridized carbons (Fsp3) is 0.0208. The van der Waals surface area contributed by atoms with Crippen LogP contribution < -0.4 is 10.6 Å². The van der Waals surface area contributed by atoms with Gasteiger partial charge in [-0.05, 0) is 89.8 Å². The summed E-state index contributed by atoms with van der Waals surface area (Å²) in [6, 6.07) is 60.6. The zero-order valence-electron chi connectivity index (χ0n) is 28.1. The van der Waals surface area contributed by atoms with E-state index in [4.69, 9.17) is 9.41 Å². The molecular formula is C48H31N3O. The van der Waals surface area contributed by atoms with Crippen molar-refractivity contribution in [1.82, 2.24) is 0 Å². The van der Waals surface area contributed by atoms with E-state index in [1.54, 1.807) is 0 Å². The molecule has 1 unspecified atom stereocenters. The van der Waals surface area contributed by atoms with Gasteiger partial charge in [0.2, 0.25) is 5.88 Å². The monoisotopic (exact) mass is 665 g/mol. The molecular weight excluding hydrogens is 635 g/mol. The first kappa shape index (κ1) is 28.9. The molecule has 9 aromatic carbocycles. The highest BCUT2D eigenvalue weighted by Gasteiger charge is 2.30. The van der Waals surface area contributed by atoms with Crippen molar-refractivity contribution in [2.45, 2.75) is 6.17 Å². The second-order valence-corrected chi connectivity index (χ2v) is 13.6. The Kier molecular flexibility index (Phi) is 6.28. The predicted octanol–water partition coefficient (Wildman–Crippen LogP) is 12.9. The normalized spacial score (nSPS) is 14.2. The number of nitrogens with one attached hydrogen (secondary N) is 2. The van der Waals surface area contributed by atoms with Crippen molar-refractivity contribution in [3.8, 4) is 11.1 Å². The molecule has 1 aliphatic heterocycles. The molecule has 52 heavy (non-hydrogen) atoms. The molecule has 1 atom stereocenters. The Morgan fingerprint density at radius 1 is 0.481 bits per heavy atom. The van der Waals surface area contributed by atoms with Crippen molar-refractivity contribution in [2.75, 3.05) is 10.6 Å². The molecule has 2 heterocycles. The smallest absolute Gasteiger partial charge is 0.222 e. The number of nitrogens with zero attached hydrogens (tertiary/aromatic N) is 1. The number of rotatable bonds is 4. The zero-order valence-corrected chi connectivity index (χ0v) is 28.1. The Labute approximate surface area is 299 Å². The number of hydrogen-bond donors (Lipinski definition) is 2. The highest BCUT2D eigenvalue weighted by molar-refractivity contribution is 6.31. The summed E-state index contributed by atoms with van der Waals surface area (Å²) in [5.74, 6) is 0.658. The van der Waals surface area contributed by atoms with Crippen molar-refractivity contribution < 1.29 is 4.42 Å². The van der Waals surface area contributed by atoms with Crippen LogP contribution in [0.25, 0.3) is 76.0 Å². The summed E-state index contributed by atoms with van der Waals surface area (Å²) in [4.78, 5) is 5.52. The Bertz CT molecular complexity index is 3050. The van der Waals surface area contributed by atoms with Crippen LogP contribution in [0.5, 0.6) is 0 Å². The molecule has 2 N–H and O–H groups in total. The highest BCUT2D eigenvalue weighted by Crippen LogP contribution is 2.44. The van der Waals surface area contributed by atoms with Gasteiger partial charge in [-0.25, -0.2) is 4.99 Å². The maximum absolute atomic E-state index is 6.43. The number of aliphatic imine (C=N–C) groups is 1. The molecule has 0 saturated carbocycles. The van der Waals surface area contributed by atoms with Gasteiger partial charge in [0.05, 0.1) is 5.71 Å². The standard InChI is InChI=1S/C48H31N3O/c1-2-13-30-26-33(25-24-29(30)12-1)41-27-31-14-3-4-15-32(31)28-42(41)49-47-45(50-46-39-20-9-10-23-43(39)52-48(46)51-47)40-22-11-21-38-36-17-6-5-16-34(36)35-18-7-8-19-37(35)44(38)40/h1-28,47,49,51H. The van der Waals surface area contributed by atoms with E-state index in [2.05, 4.69) is 162 Å². The van der Waals surface area contributed by atoms with Gasteiger partial charge in [-0.15, -0.1) is 0 Å².